The van der Waals surface area contributed by atoms with Crippen LogP contribution in [0.3, 0.4) is 0 Å². The predicted octanol–water partition coefficient (Wildman–Crippen LogP) is 2.36. The lowest BCUT2D eigenvalue weighted by molar-refractivity contribution is 0.219. The van der Waals surface area contributed by atoms with Gasteiger partial charge in [0.2, 0.25) is 0 Å². The molecule has 1 heterocycles. The lowest BCUT2D eigenvalue weighted by Gasteiger charge is -2.17. The molecule has 2 rings (SSSR count). The molecule has 0 saturated heterocycles. The highest BCUT2D eigenvalue weighted by atomic mass is 16.3. The fourth-order valence-electron chi connectivity index (χ4n) is 2.06. The number of aromatic nitrogens is 1. The highest BCUT2D eigenvalue weighted by molar-refractivity contribution is 5.51. The van der Waals surface area contributed by atoms with Gasteiger partial charge in [-0.05, 0) is 36.6 Å². The standard InChI is InChI=1S/C14H16N2O/c1-9-4-3-5-10(2)13(9)14(17)11-8-16-7-6-12(11)15/h3-8,14,17H,1-2H3,(H2,15,16). The fourth-order valence-corrected chi connectivity index (χ4v) is 2.06. The molecule has 0 fully saturated rings. The zero-order valence-electron chi connectivity index (χ0n) is 10.0. The second kappa shape index (κ2) is 4.55. The van der Waals surface area contributed by atoms with Crippen molar-refractivity contribution >= 4 is 5.69 Å². The number of hydrogen-bond donors (Lipinski definition) is 2. The van der Waals surface area contributed by atoms with E-state index in [9.17, 15) is 5.11 Å². The van der Waals surface area contributed by atoms with Gasteiger partial charge in [-0.15, -0.1) is 0 Å². The van der Waals surface area contributed by atoms with Crippen LogP contribution < -0.4 is 5.73 Å². The monoisotopic (exact) mass is 228 g/mol. The van der Waals surface area contributed by atoms with Gasteiger partial charge in [-0.25, -0.2) is 0 Å². The summed E-state index contributed by atoms with van der Waals surface area (Å²) in [5.41, 5.74) is 10.1. The van der Waals surface area contributed by atoms with Crippen LogP contribution in [-0.4, -0.2) is 10.1 Å². The second-order valence-corrected chi connectivity index (χ2v) is 4.21. The Labute approximate surface area is 101 Å². The Bertz CT molecular complexity index is 517. The fraction of sp³-hybridized carbons (Fsp3) is 0.214. The van der Waals surface area contributed by atoms with Crippen molar-refractivity contribution in [2.75, 3.05) is 5.73 Å². The number of pyridine rings is 1. The van der Waals surface area contributed by atoms with Gasteiger partial charge in [-0.1, -0.05) is 18.2 Å². The van der Waals surface area contributed by atoms with Gasteiger partial charge in [0.15, 0.2) is 0 Å². The largest absolute Gasteiger partial charge is 0.398 e. The van der Waals surface area contributed by atoms with Crippen molar-refractivity contribution in [1.29, 1.82) is 0 Å². The molecule has 17 heavy (non-hydrogen) atoms. The summed E-state index contributed by atoms with van der Waals surface area (Å²) >= 11 is 0. The van der Waals surface area contributed by atoms with Crippen LogP contribution in [0.25, 0.3) is 0 Å². The van der Waals surface area contributed by atoms with E-state index in [2.05, 4.69) is 4.98 Å². The lowest BCUT2D eigenvalue weighted by Crippen LogP contribution is -2.07. The maximum absolute atomic E-state index is 10.4. The molecule has 0 aliphatic heterocycles. The van der Waals surface area contributed by atoms with Gasteiger partial charge in [0.1, 0.15) is 6.10 Å². The molecule has 2 aromatic rings. The molecular formula is C14H16N2O. The van der Waals surface area contributed by atoms with Gasteiger partial charge in [-0.3, -0.25) is 4.98 Å². The summed E-state index contributed by atoms with van der Waals surface area (Å²) in [5.74, 6) is 0. The molecule has 3 nitrogen and oxygen atoms in total. The van der Waals surface area contributed by atoms with Crippen molar-refractivity contribution in [1.82, 2.24) is 4.98 Å². The molecule has 0 spiro atoms. The molecule has 0 bridgehead atoms. The number of benzene rings is 1. The molecule has 3 heteroatoms. The smallest absolute Gasteiger partial charge is 0.108 e. The summed E-state index contributed by atoms with van der Waals surface area (Å²) in [7, 11) is 0. The van der Waals surface area contributed by atoms with Gasteiger partial charge >= 0.3 is 0 Å². The molecule has 88 valence electrons. The maximum atomic E-state index is 10.4. The van der Waals surface area contributed by atoms with Crippen molar-refractivity contribution in [2.45, 2.75) is 20.0 Å². The topological polar surface area (TPSA) is 59.1 Å². The average molecular weight is 228 g/mol. The van der Waals surface area contributed by atoms with E-state index in [0.717, 1.165) is 16.7 Å². The quantitative estimate of drug-likeness (QED) is 0.829. The third-order valence-electron chi connectivity index (χ3n) is 3.00. The highest BCUT2D eigenvalue weighted by Gasteiger charge is 2.17. The number of hydrogen-bond acceptors (Lipinski definition) is 3. The number of anilines is 1. The molecule has 3 N–H and O–H groups in total. The summed E-state index contributed by atoms with van der Waals surface area (Å²) in [6.07, 6.45) is 2.52. The predicted molar refractivity (Wildman–Crippen MR) is 68.6 cm³/mol. The highest BCUT2D eigenvalue weighted by Crippen LogP contribution is 2.30. The molecule has 1 unspecified atom stereocenters. The summed E-state index contributed by atoms with van der Waals surface area (Å²) in [4.78, 5) is 4.01. The minimum Gasteiger partial charge on any atom is -0.398 e. The van der Waals surface area contributed by atoms with Gasteiger partial charge in [-0.2, -0.15) is 0 Å². The molecule has 1 atom stereocenters. The molecule has 0 aliphatic carbocycles. The van der Waals surface area contributed by atoms with Crippen LogP contribution >= 0.6 is 0 Å². The Morgan fingerprint density at radius 3 is 2.41 bits per heavy atom. The minimum absolute atomic E-state index is 0.565. The van der Waals surface area contributed by atoms with E-state index in [-0.39, 0.29) is 0 Å². The zero-order chi connectivity index (χ0) is 12.4. The van der Waals surface area contributed by atoms with Gasteiger partial charge in [0.05, 0.1) is 0 Å². The van der Waals surface area contributed by atoms with Crippen LogP contribution in [0.1, 0.15) is 28.4 Å². The first-order valence-corrected chi connectivity index (χ1v) is 5.55. The average Bonchev–Trinajstić information content (AvgIpc) is 2.29. The Morgan fingerprint density at radius 2 is 1.82 bits per heavy atom. The Kier molecular flexibility index (Phi) is 3.11. The molecule has 1 aromatic carbocycles. The molecular weight excluding hydrogens is 212 g/mol. The van der Waals surface area contributed by atoms with Crippen LogP contribution in [0.4, 0.5) is 5.69 Å². The first kappa shape index (κ1) is 11.6. The minimum atomic E-state index is -0.718. The number of nitrogen functional groups attached to an aromatic ring is 1. The molecule has 1 aromatic heterocycles. The van der Waals surface area contributed by atoms with Crippen molar-refractivity contribution < 1.29 is 5.11 Å². The van der Waals surface area contributed by atoms with Crippen LogP contribution in [0.2, 0.25) is 0 Å². The normalized spacial score (nSPS) is 12.4. The van der Waals surface area contributed by atoms with Gasteiger partial charge < -0.3 is 10.8 Å². The Hall–Kier alpha value is -1.87. The Morgan fingerprint density at radius 1 is 1.18 bits per heavy atom. The number of aliphatic hydroxyl groups excluding tert-OH is 1. The maximum Gasteiger partial charge on any atom is 0.108 e. The van der Waals surface area contributed by atoms with E-state index >= 15 is 0 Å². The second-order valence-electron chi connectivity index (χ2n) is 4.21. The molecule has 0 saturated carbocycles. The Balaban J connectivity index is 2.51. The van der Waals surface area contributed by atoms with Crippen molar-refractivity contribution in [3.8, 4) is 0 Å². The third-order valence-corrected chi connectivity index (χ3v) is 3.00. The van der Waals surface area contributed by atoms with Gasteiger partial charge in [0.25, 0.3) is 0 Å². The van der Waals surface area contributed by atoms with Crippen LogP contribution in [0.5, 0.6) is 0 Å². The first-order chi connectivity index (χ1) is 8.11. The summed E-state index contributed by atoms with van der Waals surface area (Å²) < 4.78 is 0. The first-order valence-electron chi connectivity index (χ1n) is 5.55. The van der Waals surface area contributed by atoms with E-state index in [1.165, 1.54) is 0 Å². The molecule has 0 aliphatic rings. The van der Waals surface area contributed by atoms with Crippen LogP contribution in [-0.2, 0) is 0 Å². The SMILES string of the molecule is Cc1cccc(C)c1C(O)c1cnccc1N. The summed E-state index contributed by atoms with van der Waals surface area (Å²) in [5, 5.41) is 10.4. The number of rotatable bonds is 2. The summed E-state index contributed by atoms with van der Waals surface area (Å²) in [6, 6.07) is 7.65. The lowest BCUT2D eigenvalue weighted by atomic mass is 9.93. The van der Waals surface area contributed by atoms with E-state index in [0.29, 0.717) is 11.3 Å². The zero-order valence-corrected chi connectivity index (χ0v) is 10.0. The molecule has 0 radical (unpaired) electrons. The van der Waals surface area contributed by atoms with Gasteiger partial charge in [0, 0.05) is 23.6 Å². The van der Waals surface area contributed by atoms with E-state index < -0.39 is 6.10 Å². The van der Waals surface area contributed by atoms with E-state index in [4.69, 9.17) is 5.73 Å². The van der Waals surface area contributed by atoms with Crippen LogP contribution in [0, 0.1) is 13.8 Å². The van der Waals surface area contributed by atoms with Crippen LogP contribution in [0.15, 0.2) is 36.7 Å². The van der Waals surface area contributed by atoms with Crippen molar-refractivity contribution in [2.24, 2.45) is 0 Å². The number of aryl methyl sites for hydroxylation is 2. The summed E-state index contributed by atoms with van der Waals surface area (Å²) in [6.45, 7) is 3.97. The third kappa shape index (κ3) is 2.15. The van der Waals surface area contributed by atoms with Crippen molar-refractivity contribution in [3.63, 3.8) is 0 Å². The van der Waals surface area contributed by atoms with Crippen molar-refractivity contribution in [3.05, 3.63) is 58.9 Å². The number of aliphatic hydroxyl groups is 1. The molecule has 0 amide bonds. The van der Waals surface area contributed by atoms with E-state index in [1.54, 1.807) is 18.5 Å². The number of nitrogens with zero attached hydrogens (tertiary/aromatic N) is 1. The van der Waals surface area contributed by atoms with E-state index in [1.807, 2.05) is 32.0 Å². The number of nitrogens with two attached hydrogens (primary N) is 1.